The minimum atomic E-state index is -3.59. The molecule has 1 N–H and O–H groups in total. The van der Waals surface area contributed by atoms with Crippen molar-refractivity contribution in [3.05, 3.63) is 54.3 Å². The molecule has 37 heavy (non-hydrogen) atoms. The van der Waals surface area contributed by atoms with Crippen LogP contribution in [0.25, 0.3) is 0 Å². The number of ether oxygens (including phenoxy) is 1. The third kappa shape index (κ3) is 5.59. The number of carbonyl (C=O) groups is 2. The number of alkyl halides is 2. The number of halogens is 2. The fraction of sp³-hybridized carbons (Fsp3) is 0.586. The van der Waals surface area contributed by atoms with E-state index in [1.807, 2.05) is 35.8 Å². The molecule has 1 aromatic rings. The molecule has 0 aromatic heterocycles. The van der Waals surface area contributed by atoms with E-state index in [0.717, 1.165) is 12.2 Å². The van der Waals surface area contributed by atoms with Crippen molar-refractivity contribution in [3.8, 4) is 5.75 Å². The predicted octanol–water partition coefficient (Wildman–Crippen LogP) is 4.82. The maximum atomic E-state index is 14.2. The molecule has 1 unspecified atom stereocenters. The first kappa shape index (κ1) is 27.3. The van der Waals surface area contributed by atoms with Gasteiger partial charge in [0.15, 0.2) is 0 Å². The van der Waals surface area contributed by atoms with Gasteiger partial charge in [-0.15, -0.1) is 0 Å². The number of hydrogen-bond donors (Lipinski definition) is 1. The number of nitrogens with zero attached hydrogens (tertiary/aromatic N) is 2. The van der Waals surface area contributed by atoms with Crippen molar-refractivity contribution < 1.29 is 23.1 Å². The zero-order valence-electron chi connectivity index (χ0n) is 22.4. The SMILES string of the molecule is C=CC(F)(F)C(=O)C1=CCC2N1CC(C)(C)NC21CCN(C(=O)c2ccc(OCCC(C)C)cc2)CC1. The quantitative estimate of drug-likeness (QED) is 0.503. The average molecular weight is 516 g/mol. The van der Waals surface area contributed by atoms with Gasteiger partial charge >= 0.3 is 5.92 Å². The number of amides is 1. The van der Waals surface area contributed by atoms with E-state index in [0.29, 0.717) is 63.1 Å². The molecule has 6 nitrogen and oxygen atoms in total. The van der Waals surface area contributed by atoms with Gasteiger partial charge in [-0.25, -0.2) is 0 Å². The van der Waals surface area contributed by atoms with Gasteiger partial charge in [0.1, 0.15) is 5.75 Å². The largest absolute Gasteiger partial charge is 0.494 e. The van der Waals surface area contributed by atoms with Crippen LogP contribution in [0.3, 0.4) is 0 Å². The van der Waals surface area contributed by atoms with Gasteiger partial charge in [0.2, 0.25) is 0 Å². The lowest BCUT2D eigenvalue weighted by atomic mass is 9.74. The van der Waals surface area contributed by atoms with Crippen molar-refractivity contribution >= 4 is 11.7 Å². The molecule has 0 saturated carbocycles. The normalized spacial score (nSPS) is 22.6. The maximum absolute atomic E-state index is 14.2. The summed E-state index contributed by atoms with van der Waals surface area (Å²) < 4.78 is 34.2. The fourth-order valence-electron chi connectivity index (χ4n) is 5.92. The van der Waals surface area contributed by atoms with Crippen LogP contribution in [0, 0.1) is 5.92 Å². The topological polar surface area (TPSA) is 61.9 Å². The number of benzene rings is 1. The molecule has 3 aliphatic rings. The van der Waals surface area contributed by atoms with Gasteiger partial charge in [0.05, 0.1) is 18.3 Å². The molecule has 3 aliphatic heterocycles. The summed E-state index contributed by atoms with van der Waals surface area (Å²) in [5, 5.41) is 3.78. The molecular formula is C29H39F2N3O3. The lowest BCUT2D eigenvalue weighted by Crippen LogP contribution is -2.74. The Morgan fingerprint density at radius 1 is 1.22 bits per heavy atom. The number of nitrogens with one attached hydrogen (secondary N) is 1. The zero-order valence-corrected chi connectivity index (χ0v) is 22.4. The van der Waals surface area contributed by atoms with E-state index >= 15 is 0 Å². The van der Waals surface area contributed by atoms with Crippen molar-refractivity contribution in [2.45, 2.75) is 76.4 Å². The number of piperazine rings is 1. The summed E-state index contributed by atoms with van der Waals surface area (Å²) in [7, 11) is 0. The number of rotatable bonds is 8. The molecule has 0 radical (unpaired) electrons. The van der Waals surface area contributed by atoms with E-state index in [9.17, 15) is 18.4 Å². The molecule has 2 saturated heterocycles. The Labute approximate surface area is 218 Å². The monoisotopic (exact) mass is 515 g/mol. The first-order chi connectivity index (χ1) is 17.4. The summed E-state index contributed by atoms with van der Waals surface area (Å²) in [4.78, 5) is 29.6. The molecule has 1 atom stereocenters. The maximum Gasteiger partial charge on any atom is 0.329 e. The molecule has 0 aliphatic carbocycles. The summed E-state index contributed by atoms with van der Waals surface area (Å²) in [6.07, 6.45) is 4.91. The summed E-state index contributed by atoms with van der Waals surface area (Å²) in [5.74, 6) is -3.48. The average Bonchev–Trinajstić information content (AvgIpc) is 3.27. The number of piperidine rings is 1. The van der Waals surface area contributed by atoms with E-state index < -0.39 is 11.7 Å². The summed E-state index contributed by atoms with van der Waals surface area (Å²) in [6.45, 7) is 13.7. The highest BCUT2D eigenvalue weighted by atomic mass is 19.3. The molecule has 0 bridgehead atoms. The second-order valence-corrected chi connectivity index (χ2v) is 11.6. The van der Waals surface area contributed by atoms with Gasteiger partial charge in [0.25, 0.3) is 11.7 Å². The molecule has 1 amide bonds. The van der Waals surface area contributed by atoms with Crippen LogP contribution in [0.5, 0.6) is 5.75 Å². The van der Waals surface area contributed by atoms with Crippen molar-refractivity contribution in [3.63, 3.8) is 0 Å². The highest BCUT2D eigenvalue weighted by Gasteiger charge is 2.55. The number of allylic oxidation sites excluding steroid dienone is 2. The van der Waals surface area contributed by atoms with E-state index in [4.69, 9.17) is 4.74 Å². The zero-order chi connectivity index (χ0) is 27.0. The summed E-state index contributed by atoms with van der Waals surface area (Å²) >= 11 is 0. The standard InChI is InChI=1S/C29H39F2N3O3/c1-6-29(30,31)25(35)23-11-12-24-28(32-27(4,5)19-34(23)24)14-16-33(17-15-28)26(36)21-7-9-22(10-8-21)37-18-13-20(2)3/h6-11,20,24,32H,1,12-19H2,2-5H3. The number of Topliss-reactive ketones (excluding diaryl/α,β-unsaturated/α-hetero) is 1. The second kappa shape index (κ2) is 10.2. The highest BCUT2D eigenvalue weighted by molar-refractivity contribution is 6.02. The van der Waals surface area contributed by atoms with Gasteiger partial charge in [-0.05, 0) is 75.8 Å². The van der Waals surface area contributed by atoms with Crippen LogP contribution in [0.15, 0.2) is 48.7 Å². The lowest BCUT2D eigenvalue weighted by molar-refractivity contribution is -0.135. The Morgan fingerprint density at radius 2 is 1.86 bits per heavy atom. The van der Waals surface area contributed by atoms with E-state index in [-0.39, 0.29) is 28.7 Å². The van der Waals surface area contributed by atoms with Crippen LogP contribution in [0.4, 0.5) is 8.78 Å². The lowest BCUT2D eigenvalue weighted by Gasteiger charge is -2.58. The van der Waals surface area contributed by atoms with E-state index in [1.165, 1.54) is 0 Å². The second-order valence-electron chi connectivity index (χ2n) is 11.6. The Hall–Kier alpha value is -2.74. The van der Waals surface area contributed by atoms with Gasteiger partial charge < -0.3 is 19.9 Å². The van der Waals surface area contributed by atoms with E-state index in [1.54, 1.807) is 18.2 Å². The Bertz CT molecular complexity index is 1060. The number of ketones is 1. The predicted molar refractivity (Wildman–Crippen MR) is 140 cm³/mol. The Kier molecular flexibility index (Phi) is 7.52. The van der Waals surface area contributed by atoms with Crippen molar-refractivity contribution in [1.82, 2.24) is 15.1 Å². The third-order valence-corrected chi connectivity index (χ3v) is 7.81. The fourth-order valence-corrected chi connectivity index (χ4v) is 5.92. The molecule has 3 heterocycles. The number of fused-ring (bicyclic) bond motifs is 2. The Morgan fingerprint density at radius 3 is 2.46 bits per heavy atom. The summed E-state index contributed by atoms with van der Waals surface area (Å²) in [5.41, 5.74) is -0.0681. The van der Waals surface area contributed by atoms with E-state index in [2.05, 4.69) is 25.7 Å². The van der Waals surface area contributed by atoms with Crippen LogP contribution in [-0.2, 0) is 4.79 Å². The molecule has 8 heteroatoms. The summed E-state index contributed by atoms with van der Waals surface area (Å²) in [6, 6.07) is 7.17. The molecule has 1 spiro atoms. The molecule has 4 rings (SSSR count). The van der Waals surface area contributed by atoms with Gasteiger partial charge in [-0.2, -0.15) is 8.78 Å². The van der Waals surface area contributed by atoms with Crippen molar-refractivity contribution in [1.29, 1.82) is 0 Å². The van der Waals surface area contributed by atoms with Crippen LogP contribution in [-0.4, -0.2) is 70.8 Å². The number of likely N-dealkylation sites (tertiary alicyclic amines) is 1. The van der Waals surface area contributed by atoms with Gasteiger partial charge in [-0.1, -0.05) is 26.5 Å². The van der Waals surface area contributed by atoms with Crippen molar-refractivity contribution in [2.24, 2.45) is 5.92 Å². The van der Waals surface area contributed by atoms with Crippen molar-refractivity contribution in [2.75, 3.05) is 26.2 Å². The van der Waals surface area contributed by atoms with Crippen LogP contribution in [0.2, 0.25) is 0 Å². The van der Waals surface area contributed by atoms with Gasteiger partial charge in [0, 0.05) is 36.3 Å². The Balaban J connectivity index is 1.43. The third-order valence-electron chi connectivity index (χ3n) is 7.81. The highest BCUT2D eigenvalue weighted by Crippen LogP contribution is 2.43. The first-order valence-electron chi connectivity index (χ1n) is 13.2. The number of hydrogen-bond acceptors (Lipinski definition) is 5. The smallest absolute Gasteiger partial charge is 0.329 e. The minimum Gasteiger partial charge on any atom is -0.494 e. The molecule has 1 aromatic carbocycles. The van der Waals surface area contributed by atoms with Crippen LogP contribution < -0.4 is 10.1 Å². The molecular weight excluding hydrogens is 476 g/mol. The first-order valence-corrected chi connectivity index (χ1v) is 13.2. The van der Waals surface area contributed by atoms with Crippen LogP contribution >= 0.6 is 0 Å². The minimum absolute atomic E-state index is 0.0263. The molecule has 2 fully saturated rings. The van der Waals surface area contributed by atoms with Crippen LogP contribution in [0.1, 0.15) is 63.7 Å². The molecule has 202 valence electrons. The van der Waals surface area contributed by atoms with Gasteiger partial charge in [-0.3, -0.25) is 9.59 Å². The number of carbonyl (C=O) groups excluding carboxylic acids is 2.